The zero-order chi connectivity index (χ0) is 16.5. The van der Waals surface area contributed by atoms with Crippen LogP contribution in [0.1, 0.15) is 21.7 Å². The second kappa shape index (κ2) is 9.20. The Kier molecular flexibility index (Phi) is 6.94. The second-order valence-corrected chi connectivity index (χ2v) is 6.69. The van der Waals surface area contributed by atoms with Gasteiger partial charge in [0, 0.05) is 23.3 Å². The zero-order valence-corrected chi connectivity index (χ0v) is 14.9. The predicted octanol–water partition coefficient (Wildman–Crippen LogP) is 3.36. The van der Waals surface area contributed by atoms with E-state index in [1.807, 2.05) is 23.5 Å². The van der Waals surface area contributed by atoms with Crippen LogP contribution >= 0.6 is 11.3 Å². The van der Waals surface area contributed by atoms with Crippen LogP contribution in [0.3, 0.4) is 0 Å². The lowest BCUT2D eigenvalue weighted by atomic mass is 10.1. The van der Waals surface area contributed by atoms with Crippen LogP contribution in [-0.4, -0.2) is 26.7 Å². The lowest BCUT2D eigenvalue weighted by molar-refractivity contribution is 0.414. The minimum Gasteiger partial charge on any atom is -0.497 e. The minimum atomic E-state index is 0.814. The monoisotopic (exact) mass is 331 g/mol. The topological polar surface area (TPSA) is 45.7 Å². The number of ether oxygens (including phenoxy) is 1. The Hall–Kier alpha value is -2.01. The molecule has 0 aliphatic carbocycles. The van der Waals surface area contributed by atoms with Crippen molar-refractivity contribution in [2.24, 2.45) is 4.99 Å². The van der Waals surface area contributed by atoms with E-state index in [0.717, 1.165) is 37.6 Å². The molecule has 0 spiro atoms. The molecule has 4 nitrogen and oxygen atoms in total. The average molecular weight is 331 g/mol. The molecule has 0 atom stereocenters. The molecule has 5 heteroatoms. The first kappa shape index (κ1) is 17.3. The summed E-state index contributed by atoms with van der Waals surface area (Å²) in [5.41, 5.74) is 1.29. The fourth-order valence-electron chi connectivity index (χ4n) is 2.30. The van der Waals surface area contributed by atoms with E-state index in [1.54, 1.807) is 14.2 Å². The Morgan fingerprint density at radius 3 is 2.78 bits per heavy atom. The molecule has 0 saturated heterocycles. The van der Waals surface area contributed by atoms with Gasteiger partial charge < -0.3 is 15.4 Å². The van der Waals surface area contributed by atoms with Crippen LogP contribution in [0.4, 0.5) is 0 Å². The highest BCUT2D eigenvalue weighted by atomic mass is 32.1. The third-order valence-corrected chi connectivity index (χ3v) is 4.52. The van der Waals surface area contributed by atoms with Gasteiger partial charge in [-0.3, -0.25) is 4.99 Å². The van der Waals surface area contributed by atoms with Gasteiger partial charge in [-0.25, -0.2) is 0 Å². The first-order chi connectivity index (χ1) is 11.2. The van der Waals surface area contributed by atoms with Crippen molar-refractivity contribution in [1.29, 1.82) is 0 Å². The zero-order valence-electron chi connectivity index (χ0n) is 14.1. The summed E-state index contributed by atoms with van der Waals surface area (Å²) in [4.78, 5) is 6.92. The summed E-state index contributed by atoms with van der Waals surface area (Å²) in [5, 5.41) is 6.70. The van der Waals surface area contributed by atoms with Crippen LogP contribution < -0.4 is 15.4 Å². The van der Waals surface area contributed by atoms with Crippen LogP contribution in [0.5, 0.6) is 5.75 Å². The van der Waals surface area contributed by atoms with Gasteiger partial charge in [0.25, 0.3) is 0 Å². The summed E-state index contributed by atoms with van der Waals surface area (Å²) in [6, 6.07) is 12.5. The van der Waals surface area contributed by atoms with Crippen LogP contribution in [0.2, 0.25) is 0 Å². The van der Waals surface area contributed by atoms with E-state index in [0.29, 0.717) is 0 Å². The number of aliphatic imine (C=N–C) groups is 1. The molecule has 0 bridgehead atoms. The third-order valence-electron chi connectivity index (χ3n) is 3.52. The highest BCUT2D eigenvalue weighted by Crippen LogP contribution is 2.14. The summed E-state index contributed by atoms with van der Waals surface area (Å²) in [5.74, 6) is 1.76. The van der Waals surface area contributed by atoms with Gasteiger partial charge in [-0.15, -0.1) is 11.3 Å². The number of methoxy groups -OCH3 is 1. The number of guanidine groups is 1. The molecule has 1 aromatic carbocycles. The molecule has 1 aromatic heterocycles. The van der Waals surface area contributed by atoms with Crippen molar-refractivity contribution < 1.29 is 4.74 Å². The molecular weight excluding hydrogens is 306 g/mol. The first-order valence-corrected chi connectivity index (χ1v) is 8.65. The van der Waals surface area contributed by atoms with Crippen molar-refractivity contribution in [2.75, 3.05) is 20.7 Å². The van der Waals surface area contributed by atoms with Gasteiger partial charge in [0.15, 0.2) is 5.96 Å². The molecule has 124 valence electrons. The number of benzene rings is 1. The number of rotatable bonds is 7. The maximum Gasteiger partial charge on any atom is 0.191 e. The van der Waals surface area contributed by atoms with Crippen molar-refractivity contribution in [3.05, 3.63) is 51.7 Å². The van der Waals surface area contributed by atoms with Crippen LogP contribution in [0.25, 0.3) is 0 Å². The van der Waals surface area contributed by atoms with Crippen molar-refractivity contribution in [3.63, 3.8) is 0 Å². The lowest BCUT2D eigenvalue weighted by Gasteiger charge is -2.11. The standard InChI is InChI=1S/C18H25N3OS/c1-14-9-10-17(23-14)13-21-18(19-2)20-11-5-7-15-6-4-8-16(12-15)22-3/h4,6,8-10,12H,5,7,11,13H2,1-3H3,(H2,19,20,21). The van der Waals surface area contributed by atoms with E-state index in [9.17, 15) is 0 Å². The highest BCUT2D eigenvalue weighted by Gasteiger charge is 2.01. The number of nitrogens with zero attached hydrogens (tertiary/aromatic N) is 1. The molecule has 0 radical (unpaired) electrons. The smallest absolute Gasteiger partial charge is 0.191 e. The van der Waals surface area contributed by atoms with Crippen molar-refractivity contribution >= 4 is 17.3 Å². The SMILES string of the molecule is CN=C(NCCCc1cccc(OC)c1)NCc1ccc(C)s1. The van der Waals surface area contributed by atoms with Crippen molar-refractivity contribution in [3.8, 4) is 5.75 Å². The fraction of sp³-hybridized carbons (Fsp3) is 0.389. The quantitative estimate of drug-likeness (QED) is 0.464. The Morgan fingerprint density at radius 2 is 2.09 bits per heavy atom. The number of nitrogens with one attached hydrogen (secondary N) is 2. The van der Waals surface area contributed by atoms with Crippen molar-refractivity contribution in [1.82, 2.24) is 10.6 Å². The third kappa shape index (κ3) is 5.94. The lowest BCUT2D eigenvalue weighted by Crippen LogP contribution is -2.37. The van der Waals surface area contributed by atoms with Gasteiger partial charge in [-0.05, 0) is 49.6 Å². The first-order valence-electron chi connectivity index (χ1n) is 7.84. The Labute approximate surface area is 142 Å². The molecule has 0 aliphatic heterocycles. The number of hydrogen-bond donors (Lipinski definition) is 2. The Balaban J connectivity index is 1.69. The molecule has 2 rings (SSSR count). The number of hydrogen-bond acceptors (Lipinski definition) is 3. The summed E-state index contributed by atoms with van der Waals surface area (Å²) in [6.45, 7) is 3.83. The van der Waals surface area contributed by atoms with Gasteiger partial charge in [0.1, 0.15) is 5.75 Å². The van der Waals surface area contributed by atoms with Gasteiger partial charge in [0.05, 0.1) is 13.7 Å². The molecular formula is C18H25N3OS. The van der Waals surface area contributed by atoms with Gasteiger partial charge >= 0.3 is 0 Å². The molecule has 0 saturated carbocycles. The van der Waals surface area contributed by atoms with Crippen LogP contribution in [0.15, 0.2) is 41.4 Å². The maximum absolute atomic E-state index is 5.25. The molecule has 0 fully saturated rings. The Bertz CT molecular complexity index is 637. The summed E-state index contributed by atoms with van der Waals surface area (Å²) in [6.07, 6.45) is 2.07. The highest BCUT2D eigenvalue weighted by molar-refractivity contribution is 7.11. The van der Waals surface area contributed by atoms with Crippen LogP contribution in [-0.2, 0) is 13.0 Å². The number of thiophene rings is 1. The number of aryl methyl sites for hydroxylation is 2. The largest absolute Gasteiger partial charge is 0.497 e. The summed E-state index contributed by atoms with van der Waals surface area (Å²) in [7, 11) is 3.50. The molecule has 2 N–H and O–H groups in total. The van der Waals surface area contributed by atoms with Gasteiger partial charge in [0.2, 0.25) is 0 Å². The summed E-state index contributed by atoms with van der Waals surface area (Å²) >= 11 is 1.81. The van der Waals surface area contributed by atoms with Crippen LogP contribution in [0, 0.1) is 6.92 Å². The molecule has 0 aliphatic rings. The molecule has 23 heavy (non-hydrogen) atoms. The Morgan fingerprint density at radius 1 is 1.22 bits per heavy atom. The molecule has 1 heterocycles. The average Bonchev–Trinajstić information content (AvgIpc) is 3.00. The van der Waals surface area contributed by atoms with E-state index in [1.165, 1.54) is 15.3 Å². The normalized spacial score (nSPS) is 11.3. The fourth-order valence-corrected chi connectivity index (χ4v) is 3.13. The van der Waals surface area contributed by atoms with Gasteiger partial charge in [-0.2, -0.15) is 0 Å². The van der Waals surface area contributed by atoms with Crippen molar-refractivity contribution in [2.45, 2.75) is 26.3 Å². The molecule has 2 aromatic rings. The van der Waals surface area contributed by atoms with E-state index in [-0.39, 0.29) is 0 Å². The van der Waals surface area contributed by atoms with Gasteiger partial charge in [-0.1, -0.05) is 12.1 Å². The molecule has 0 unspecified atom stereocenters. The second-order valence-electron chi connectivity index (χ2n) is 5.32. The summed E-state index contributed by atoms with van der Waals surface area (Å²) < 4.78 is 5.25. The molecule has 0 amide bonds. The predicted molar refractivity (Wildman–Crippen MR) is 98.6 cm³/mol. The van der Waals surface area contributed by atoms with E-state index < -0.39 is 0 Å². The van der Waals surface area contributed by atoms with E-state index in [2.05, 4.69) is 46.8 Å². The van der Waals surface area contributed by atoms with E-state index >= 15 is 0 Å². The van der Waals surface area contributed by atoms with E-state index in [4.69, 9.17) is 4.74 Å². The maximum atomic E-state index is 5.25. The minimum absolute atomic E-state index is 0.814.